The maximum absolute atomic E-state index is 13.1. The molecule has 9 nitrogen and oxygen atoms in total. The predicted molar refractivity (Wildman–Crippen MR) is 98.5 cm³/mol. The molecule has 2 unspecified atom stereocenters. The van der Waals surface area contributed by atoms with E-state index in [9.17, 15) is 13.2 Å². The molecule has 0 aliphatic carbocycles. The van der Waals surface area contributed by atoms with Crippen molar-refractivity contribution in [3.63, 3.8) is 0 Å². The van der Waals surface area contributed by atoms with Crippen LogP contribution in [-0.2, 0) is 19.6 Å². The van der Waals surface area contributed by atoms with Gasteiger partial charge in [0, 0.05) is 19.7 Å². The number of hydrogen-bond acceptors (Lipinski definition) is 7. The molecule has 2 heterocycles. The molecule has 3 rings (SSSR count). The van der Waals surface area contributed by atoms with Gasteiger partial charge in [-0.1, -0.05) is 22.9 Å². The molecule has 1 aromatic rings. The Morgan fingerprint density at radius 2 is 1.82 bits per heavy atom. The van der Waals surface area contributed by atoms with Crippen molar-refractivity contribution >= 4 is 15.9 Å². The Hall–Kier alpha value is -1.72. The molecule has 2 aliphatic heterocycles. The zero-order valence-electron chi connectivity index (χ0n) is 15.7. The van der Waals surface area contributed by atoms with Gasteiger partial charge >= 0.3 is 0 Å². The summed E-state index contributed by atoms with van der Waals surface area (Å²) in [7, 11) is -3.79. The van der Waals surface area contributed by atoms with Crippen molar-refractivity contribution in [3.05, 3.63) is 29.8 Å². The van der Waals surface area contributed by atoms with Crippen molar-refractivity contribution in [1.82, 2.24) is 9.53 Å². The molecule has 0 spiro atoms. The van der Waals surface area contributed by atoms with Crippen LogP contribution in [0.1, 0.15) is 24.8 Å². The summed E-state index contributed by atoms with van der Waals surface area (Å²) in [6.07, 6.45) is 1.14. The van der Waals surface area contributed by atoms with Gasteiger partial charge in [-0.3, -0.25) is 15.2 Å². The molecule has 0 aromatic heterocycles. The van der Waals surface area contributed by atoms with Crippen LogP contribution in [-0.4, -0.2) is 71.9 Å². The van der Waals surface area contributed by atoms with Gasteiger partial charge in [0.25, 0.3) is 5.91 Å². The van der Waals surface area contributed by atoms with Gasteiger partial charge < -0.3 is 9.47 Å². The van der Waals surface area contributed by atoms with Crippen molar-refractivity contribution in [2.75, 3.05) is 26.3 Å². The maximum Gasteiger partial charge on any atom is 0.279 e. The Labute approximate surface area is 164 Å². The van der Waals surface area contributed by atoms with E-state index in [0.29, 0.717) is 25.9 Å². The van der Waals surface area contributed by atoms with Gasteiger partial charge in [0.2, 0.25) is 10.0 Å². The topological polar surface area (TPSA) is 117 Å². The smallest absolute Gasteiger partial charge is 0.279 e. The van der Waals surface area contributed by atoms with Crippen LogP contribution >= 0.6 is 0 Å². The summed E-state index contributed by atoms with van der Waals surface area (Å²) < 4.78 is 38.6. The summed E-state index contributed by atoms with van der Waals surface area (Å²) in [6.45, 7) is 2.62. The van der Waals surface area contributed by atoms with Gasteiger partial charge in [-0.2, -0.15) is 0 Å². The van der Waals surface area contributed by atoms with Crippen LogP contribution in [0.2, 0.25) is 0 Å². The van der Waals surface area contributed by atoms with Crippen molar-refractivity contribution in [1.29, 1.82) is 0 Å². The van der Waals surface area contributed by atoms with Gasteiger partial charge in [0.05, 0.1) is 17.8 Å². The Morgan fingerprint density at radius 1 is 1.18 bits per heavy atom. The van der Waals surface area contributed by atoms with Crippen molar-refractivity contribution in [2.24, 2.45) is 5.92 Å². The SMILES string of the molecule is Cc1ccc(OC2CCN(S(=O)(=O)C3CCOCC3C(=O)N(O)O)CC2)cc1. The van der Waals surface area contributed by atoms with Crippen LogP contribution < -0.4 is 4.74 Å². The molecule has 156 valence electrons. The number of piperidine rings is 1. The number of hydroxylamine groups is 2. The van der Waals surface area contributed by atoms with Gasteiger partial charge in [0.15, 0.2) is 0 Å². The fourth-order valence-electron chi connectivity index (χ4n) is 3.66. The molecule has 10 heteroatoms. The van der Waals surface area contributed by atoms with E-state index in [1.807, 2.05) is 31.2 Å². The lowest BCUT2D eigenvalue weighted by molar-refractivity contribution is -0.289. The van der Waals surface area contributed by atoms with Crippen LogP contribution in [0.5, 0.6) is 5.75 Å². The molecule has 2 N–H and O–H groups in total. The van der Waals surface area contributed by atoms with Crippen LogP contribution in [0.15, 0.2) is 24.3 Å². The molecule has 1 aromatic carbocycles. The second-order valence-electron chi connectivity index (χ2n) is 7.21. The third-order valence-corrected chi connectivity index (χ3v) is 7.69. The van der Waals surface area contributed by atoms with Gasteiger partial charge in [0.1, 0.15) is 11.9 Å². The first-order chi connectivity index (χ1) is 13.3. The summed E-state index contributed by atoms with van der Waals surface area (Å²) in [5.74, 6) is -1.46. The zero-order chi connectivity index (χ0) is 20.3. The van der Waals surface area contributed by atoms with E-state index in [0.717, 1.165) is 11.3 Å². The van der Waals surface area contributed by atoms with Crippen molar-refractivity contribution < 1.29 is 33.1 Å². The number of carbonyl (C=O) groups excluding carboxylic acids is 1. The van der Waals surface area contributed by atoms with E-state index in [-0.39, 0.29) is 25.7 Å². The highest BCUT2D eigenvalue weighted by Gasteiger charge is 2.45. The van der Waals surface area contributed by atoms with E-state index < -0.39 is 32.3 Å². The number of benzene rings is 1. The van der Waals surface area contributed by atoms with Crippen LogP contribution in [0.25, 0.3) is 0 Å². The van der Waals surface area contributed by atoms with Gasteiger partial charge in [-0.25, -0.2) is 12.7 Å². The summed E-state index contributed by atoms with van der Waals surface area (Å²) in [5.41, 5.74) is 1.14. The standard InChI is InChI=1S/C18H26N2O7S/c1-13-2-4-14(5-3-13)27-15-6-9-19(10-7-15)28(24,25)17-8-11-26-12-16(17)18(21)20(22)23/h2-5,15-17,22-23H,6-12H2,1H3. The number of rotatable bonds is 5. The Morgan fingerprint density at radius 3 is 2.43 bits per heavy atom. The fourth-order valence-corrected chi connectivity index (χ4v) is 5.77. The Balaban J connectivity index is 1.63. The molecule has 0 bridgehead atoms. The highest BCUT2D eigenvalue weighted by Crippen LogP contribution is 2.29. The van der Waals surface area contributed by atoms with E-state index in [2.05, 4.69) is 0 Å². The quantitative estimate of drug-likeness (QED) is 0.549. The van der Waals surface area contributed by atoms with E-state index >= 15 is 0 Å². The largest absolute Gasteiger partial charge is 0.490 e. The molecule has 2 aliphatic rings. The first-order valence-corrected chi connectivity index (χ1v) is 10.8. The van der Waals surface area contributed by atoms with E-state index in [1.165, 1.54) is 4.31 Å². The average molecular weight is 414 g/mol. The minimum absolute atomic E-state index is 0.0772. The number of amides is 1. The average Bonchev–Trinajstić information content (AvgIpc) is 2.69. The molecular weight excluding hydrogens is 388 g/mol. The molecule has 2 atom stereocenters. The predicted octanol–water partition coefficient (Wildman–Crippen LogP) is 1.18. The van der Waals surface area contributed by atoms with Gasteiger partial charge in [-0.05, 0) is 38.3 Å². The molecule has 28 heavy (non-hydrogen) atoms. The number of sulfonamides is 1. The lowest BCUT2D eigenvalue weighted by atomic mass is 10.0. The highest BCUT2D eigenvalue weighted by atomic mass is 32.2. The van der Waals surface area contributed by atoms with Gasteiger partial charge in [-0.15, -0.1) is 0 Å². The third kappa shape index (κ3) is 4.64. The Bertz CT molecular complexity index is 774. The van der Waals surface area contributed by atoms with Crippen LogP contribution in [0, 0.1) is 12.8 Å². The van der Waals surface area contributed by atoms with Crippen LogP contribution in [0.3, 0.4) is 0 Å². The minimum atomic E-state index is -3.79. The molecule has 0 saturated carbocycles. The summed E-state index contributed by atoms with van der Waals surface area (Å²) >= 11 is 0. The molecule has 2 saturated heterocycles. The van der Waals surface area contributed by atoms with Crippen molar-refractivity contribution in [2.45, 2.75) is 37.5 Å². The Kier molecular flexibility index (Phi) is 6.56. The summed E-state index contributed by atoms with van der Waals surface area (Å²) in [6, 6.07) is 7.71. The molecular formula is C18H26N2O7S. The molecule has 1 amide bonds. The second kappa shape index (κ2) is 8.75. The van der Waals surface area contributed by atoms with E-state index in [4.69, 9.17) is 19.9 Å². The number of ether oxygens (including phenoxy) is 2. The fraction of sp³-hybridized carbons (Fsp3) is 0.611. The molecule has 0 radical (unpaired) electrons. The third-order valence-electron chi connectivity index (χ3n) is 5.27. The number of hydrogen-bond donors (Lipinski definition) is 2. The number of nitrogens with zero attached hydrogens (tertiary/aromatic N) is 2. The second-order valence-corrected chi connectivity index (χ2v) is 9.36. The molecule has 2 fully saturated rings. The lowest BCUT2D eigenvalue weighted by Gasteiger charge is -2.37. The number of carbonyl (C=O) groups is 1. The summed E-state index contributed by atoms with van der Waals surface area (Å²) in [4.78, 5) is 12.0. The van der Waals surface area contributed by atoms with Crippen molar-refractivity contribution in [3.8, 4) is 5.75 Å². The lowest BCUT2D eigenvalue weighted by Crippen LogP contribution is -2.53. The first-order valence-electron chi connectivity index (χ1n) is 9.31. The monoisotopic (exact) mass is 414 g/mol. The van der Waals surface area contributed by atoms with E-state index in [1.54, 1.807) is 0 Å². The maximum atomic E-state index is 13.1. The number of aryl methyl sites for hydroxylation is 1. The zero-order valence-corrected chi connectivity index (χ0v) is 16.5. The first kappa shape index (κ1) is 21.0. The van der Waals surface area contributed by atoms with Crippen LogP contribution in [0.4, 0.5) is 0 Å². The normalized spacial score (nSPS) is 24.7. The summed E-state index contributed by atoms with van der Waals surface area (Å²) in [5, 5.41) is 16.4. The highest BCUT2D eigenvalue weighted by molar-refractivity contribution is 7.89. The minimum Gasteiger partial charge on any atom is -0.490 e.